The van der Waals surface area contributed by atoms with E-state index in [1.54, 1.807) is 48.6 Å². The SMILES string of the molecule is Fc1cc(/C=C/c2nc3ccccc3o2)ccc1-c1ccc(/C=C/c2nc3ccccc3o2)cc1F. The number of aromatic nitrogens is 2. The molecule has 0 spiro atoms. The zero-order valence-electron chi connectivity index (χ0n) is 18.9. The Balaban J connectivity index is 1.21. The van der Waals surface area contributed by atoms with Crippen LogP contribution >= 0.6 is 0 Å². The van der Waals surface area contributed by atoms with Crippen LogP contribution in [0, 0.1) is 11.6 Å². The molecular formula is C30H18F2N2O2. The Morgan fingerprint density at radius 1 is 0.528 bits per heavy atom. The Labute approximate surface area is 204 Å². The maximum absolute atomic E-state index is 14.9. The molecule has 0 radical (unpaired) electrons. The number of nitrogens with zero attached hydrogens (tertiary/aromatic N) is 2. The van der Waals surface area contributed by atoms with Crippen LogP contribution in [-0.2, 0) is 0 Å². The van der Waals surface area contributed by atoms with Crippen LogP contribution in [-0.4, -0.2) is 9.97 Å². The standard InChI is InChI=1S/C30H18F2N2O2/c31-23-17-19(11-15-29-33-25-5-1-3-7-27(25)35-29)9-13-21(23)22-14-10-20(18-24(22)32)12-16-30-34-26-6-2-4-8-28(26)36-30/h1-18H/b15-11+,16-12+. The van der Waals surface area contributed by atoms with Gasteiger partial charge in [-0.3, -0.25) is 0 Å². The van der Waals surface area contributed by atoms with Crippen molar-refractivity contribution < 1.29 is 17.6 Å². The fourth-order valence-corrected chi connectivity index (χ4v) is 3.96. The number of para-hydroxylation sites is 4. The summed E-state index contributed by atoms with van der Waals surface area (Å²) in [5.41, 5.74) is 4.45. The first-order valence-corrected chi connectivity index (χ1v) is 11.3. The highest BCUT2D eigenvalue weighted by atomic mass is 19.1. The van der Waals surface area contributed by atoms with E-state index in [-0.39, 0.29) is 11.1 Å². The number of rotatable bonds is 5. The van der Waals surface area contributed by atoms with Gasteiger partial charge in [0.05, 0.1) is 0 Å². The molecule has 0 atom stereocenters. The van der Waals surface area contributed by atoms with Gasteiger partial charge in [0.1, 0.15) is 22.7 Å². The van der Waals surface area contributed by atoms with Crippen molar-refractivity contribution in [2.45, 2.75) is 0 Å². The molecule has 0 saturated carbocycles. The second kappa shape index (κ2) is 9.07. The first-order valence-electron chi connectivity index (χ1n) is 11.3. The first kappa shape index (κ1) is 21.7. The smallest absolute Gasteiger partial charge is 0.220 e. The molecule has 2 aromatic heterocycles. The van der Waals surface area contributed by atoms with E-state index in [0.717, 1.165) is 11.0 Å². The summed E-state index contributed by atoms with van der Waals surface area (Å²) < 4.78 is 41.1. The van der Waals surface area contributed by atoms with Gasteiger partial charge in [-0.2, -0.15) is 0 Å². The Bertz CT molecular complexity index is 1580. The summed E-state index contributed by atoms with van der Waals surface area (Å²) in [5, 5.41) is 0. The molecule has 0 N–H and O–H groups in total. The number of fused-ring (bicyclic) bond motifs is 2. The van der Waals surface area contributed by atoms with Gasteiger partial charge in [0.2, 0.25) is 11.8 Å². The molecule has 0 bridgehead atoms. The van der Waals surface area contributed by atoms with E-state index >= 15 is 0 Å². The molecule has 0 saturated heterocycles. The van der Waals surface area contributed by atoms with Crippen LogP contribution in [0.4, 0.5) is 8.78 Å². The van der Waals surface area contributed by atoms with Crippen LogP contribution in [0.1, 0.15) is 22.9 Å². The highest BCUT2D eigenvalue weighted by Gasteiger charge is 2.11. The van der Waals surface area contributed by atoms with Crippen molar-refractivity contribution in [2.24, 2.45) is 0 Å². The zero-order valence-corrected chi connectivity index (χ0v) is 18.9. The predicted molar refractivity (Wildman–Crippen MR) is 138 cm³/mol. The molecule has 6 rings (SSSR count). The third-order valence-electron chi connectivity index (χ3n) is 5.73. The van der Waals surface area contributed by atoms with Crippen LogP contribution < -0.4 is 0 Å². The second-order valence-electron chi connectivity index (χ2n) is 8.18. The van der Waals surface area contributed by atoms with Gasteiger partial charge < -0.3 is 8.83 Å². The Morgan fingerprint density at radius 2 is 0.972 bits per heavy atom. The number of halogens is 2. The molecule has 0 unspecified atom stereocenters. The van der Waals surface area contributed by atoms with Crippen LogP contribution in [0.25, 0.3) is 57.6 Å². The van der Waals surface area contributed by atoms with Gasteiger partial charge in [-0.15, -0.1) is 0 Å². The summed E-state index contributed by atoms with van der Waals surface area (Å²) in [6, 6.07) is 24.2. The van der Waals surface area contributed by atoms with E-state index in [9.17, 15) is 8.78 Å². The lowest BCUT2D eigenvalue weighted by atomic mass is 10.0. The van der Waals surface area contributed by atoms with Crippen molar-refractivity contribution in [1.82, 2.24) is 9.97 Å². The van der Waals surface area contributed by atoms with Gasteiger partial charge in [-0.25, -0.2) is 18.7 Å². The molecule has 4 nitrogen and oxygen atoms in total. The topological polar surface area (TPSA) is 52.1 Å². The lowest BCUT2D eigenvalue weighted by Crippen LogP contribution is -1.90. The zero-order chi connectivity index (χ0) is 24.5. The lowest BCUT2D eigenvalue weighted by molar-refractivity contribution is 0.589. The molecule has 4 aromatic carbocycles. The highest BCUT2D eigenvalue weighted by molar-refractivity contribution is 5.78. The van der Waals surface area contributed by atoms with Crippen molar-refractivity contribution in [3.8, 4) is 11.1 Å². The molecule has 0 aliphatic carbocycles. The first-order chi connectivity index (χ1) is 17.6. The average molecular weight is 476 g/mol. The summed E-state index contributed by atoms with van der Waals surface area (Å²) in [4.78, 5) is 8.74. The molecule has 2 heterocycles. The third-order valence-corrected chi connectivity index (χ3v) is 5.73. The van der Waals surface area contributed by atoms with Crippen LogP contribution in [0.5, 0.6) is 0 Å². The van der Waals surface area contributed by atoms with E-state index in [1.165, 1.54) is 12.1 Å². The van der Waals surface area contributed by atoms with Crippen molar-refractivity contribution in [1.29, 1.82) is 0 Å². The molecule has 0 fully saturated rings. The minimum Gasteiger partial charge on any atom is -0.437 e. The Kier molecular flexibility index (Phi) is 5.46. The maximum atomic E-state index is 14.9. The van der Waals surface area contributed by atoms with E-state index in [4.69, 9.17) is 8.83 Å². The van der Waals surface area contributed by atoms with Crippen molar-refractivity contribution >= 4 is 46.5 Å². The van der Waals surface area contributed by atoms with Crippen LogP contribution in [0.2, 0.25) is 0 Å². The molecule has 6 heteroatoms. The summed E-state index contributed by atoms with van der Waals surface area (Å²) in [6.45, 7) is 0. The number of oxazole rings is 2. The minimum absolute atomic E-state index is 0.181. The monoisotopic (exact) mass is 476 g/mol. The van der Waals surface area contributed by atoms with Crippen LogP contribution in [0.3, 0.4) is 0 Å². The molecule has 0 aliphatic rings. The number of benzene rings is 4. The van der Waals surface area contributed by atoms with E-state index in [0.29, 0.717) is 34.1 Å². The summed E-state index contributed by atoms with van der Waals surface area (Å²) >= 11 is 0. The predicted octanol–water partition coefficient (Wildman–Crippen LogP) is 8.26. The Hall–Kier alpha value is -4.84. The normalized spacial score (nSPS) is 11.9. The van der Waals surface area contributed by atoms with E-state index in [2.05, 4.69) is 9.97 Å². The largest absolute Gasteiger partial charge is 0.437 e. The molecular weight excluding hydrogens is 458 g/mol. The van der Waals surface area contributed by atoms with Gasteiger partial charge in [0.15, 0.2) is 11.2 Å². The molecule has 0 aliphatic heterocycles. The van der Waals surface area contributed by atoms with Crippen molar-refractivity contribution in [2.75, 3.05) is 0 Å². The Morgan fingerprint density at radius 3 is 1.39 bits per heavy atom. The summed E-state index contributed by atoms with van der Waals surface area (Å²) in [5.74, 6) is -0.201. The molecule has 36 heavy (non-hydrogen) atoms. The molecule has 6 aromatic rings. The fraction of sp³-hybridized carbons (Fsp3) is 0. The maximum Gasteiger partial charge on any atom is 0.220 e. The fourth-order valence-electron chi connectivity index (χ4n) is 3.96. The van der Waals surface area contributed by atoms with Gasteiger partial charge in [0, 0.05) is 23.3 Å². The number of hydrogen-bond donors (Lipinski definition) is 0. The van der Waals surface area contributed by atoms with E-state index in [1.807, 2.05) is 48.5 Å². The second-order valence-corrected chi connectivity index (χ2v) is 8.18. The van der Waals surface area contributed by atoms with Crippen LogP contribution in [0.15, 0.2) is 93.8 Å². The van der Waals surface area contributed by atoms with Crippen molar-refractivity contribution in [3.63, 3.8) is 0 Å². The third kappa shape index (κ3) is 4.32. The van der Waals surface area contributed by atoms with Gasteiger partial charge in [0.25, 0.3) is 0 Å². The highest BCUT2D eigenvalue weighted by Crippen LogP contribution is 2.28. The summed E-state index contributed by atoms with van der Waals surface area (Å²) in [7, 11) is 0. The van der Waals surface area contributed by atoms with Crippen molar-refractivity contribution in [3.05, 3.63) is 119 Å². The average Bonchev–Trinajstić information content (AvgIpc) is 3.50. The lowest BCUT2D eigenvalue weighted by Gasteiger charge is -2.07. The van der Waals surface area contributed by atoms with Gasteiger partial charge >= 0.3 is 0 Å². The summed E-state index contributed by atoms with van der Waals surface area (Å²) in [6.07, 6.45) is 6.75. The minimum atomic E-state index is -0.525. The number of hydrogen-bond acceptors (Lipinski definition) is 4. The van der Waals surface area contributed by atoms with Gasteiger partial charge in [-0.05, 0) is 59.7 Å². The van der Waals surface area contributed by atoms with Gasteiger partial charge in [-0.1, -0.05) is 48.5 Å². The quantitative estimate of drug-likeness (QED) is 0.251. The van der Waals surface area contributed by atoms with E-state index < -0.39 is 11.6 Å². The molecule has 174 valence electrons. The molecule has 0 amide bonds.